The molecule has 0 aliphatic heterocycles. The molecule has 1 aromatic carbocycles. The third-order valence-electron chi connectivity index (χ3n) is 3.76. The molecule has 0 fully saturated rings. The molecule has 9 heteroatoms. The quantitative estimate of drug-likeness (QED) is 0.644. The normalized spacial score (nSPS) is 11.4. The van der Waals surface area contributed by atoms with E-state index in [1.165, 1.54) is 16.8 Å². The lowest BCUT2D eigenvalue weighted by atomic mass is 10.2. The molecule has 0 saturated carbocycles. The Kier molecular flexibility index (Phi) is 5.43. The predicted molar refractivity (Wildman–Crippen MR) is 96.2 cm³/mol. The molecule has 140 valence electrons. The van der Waals surface area contributed by atoms with Gasteiger partial charge in [0.2, 0.25) is 0 Å². The van der Waals surface area contributed by atoms with Gasteiger partial charge < -0.3 is 5.32 Å². The Morgan fingerprint density at radius 2 is 1.85 bits per heavy atom. The van der Waals surface area contributed by atoms with Crippen LogP contribution in [0.2, 0.25) is 10.0 Å². The van der Waals surface area contributed by atoms with Gasteiger partial charge in [-0.15, -0.1) is 0 Å². The number of nitrogens with zero attached hydrogens (tertiary/aromatic N) is 2. The van der Waals surface area contributed by atoms with E-state index in [-0.39, 0.29) is 23.1 Å². The maximum Gasteiger partial charge on any atom is 0.417 e. The SMILES string of the molecule is O=C(NCc1ccccc1Cl)c1cccn1-c1ncc(C(F)(F)F)cc1Cl. The summed E-state index contributed by atoms with van der Waals surface area (Å²) >= 11 is 12.0. The van der Waals surface area contributed by atoms with E-state index in [1.807, 2.05) is 0 Å². The number of pyridine rings is 1. The zero-order valence-electron chi connectivity index (χ0n) is 13.6. The topological polar surface area (TPSA) is 46.9 Å². The Balaban J connectivity index is 1.84. The van der Waals surface area contributed by atoms with Gasteiger partial charge in [-0.2, -0.15) is 13.2 Å². The first-order valence-electron chi connectivity index (χ1n) is 7.69. The second-order valence-electron chi connectivity index (χ2n) is 5.56. The van der Waals surface area contributed by atoms with E-state index in [4.69, 9.17) is 23.2 Å². The summed E-state index contributed by atoms with van der Waals surface area (Å²) in [7, 11) is 0. The van der Waals surface area contributed by atoms with Gasteiger partial charge in [-0.1, -0.05) is 41.4 Å². The van der Waals surface area contributed by atoms with Crippen LogP contribution >= 0.6 is 23.2 Å². The van der Waals surface area contributed by atoms with Gasteiger partial charge in [-0.3, -0.25) is 9.36 Å². The molecule has 2 heterocycles. The number of nitrogens with one attached hydrogen (secondary N) is 1. The summed E-state index contributed by atoms with van der Waals surface area (Å²) in [5.41, 5.74) is -0.0550. The van der Waals surface area contributed by atoms with Gasteiger partial charge in [-0.25, -0.2) is 4.98 Å². The van der Waals surface area contributed by atoms with Gasteiger partial charge in [0.15, 0.2) is 5.82 Å². The minimum absolute atomic E-state index is 0.0255. The second kappa shape index (κ2) is 7.62. The van der Waals surface area contributed by atoms with Crippen LogP contribution in [0.4, 0.5) is 13.2 Å². The number of halogens is 5. The summed E-state index contributed by atoms with van der Waals surface area (Å²) in [6, 6.07) is 10.9. The Morgan fingerprint density at radius 3 is 2.52 bits per heavy atom. The molecule has 0 saturated heterocycles. The number of hydrogen-bond acceptors (Lipinski definition) is 2. The molecule has 0 atom stereocenters. The van der Waals surface area contributed by atoms with Crippen LogP contribution in [-0.2, 0) is 12.7 Å². The molecular formula is C18H12Cl2F3N3O. The number of carbonyl (C=O) groups is 1. The highest BCUT2D eigenvalue weighted by Crippen LogP contribution is 2.32. The zero-order chi connectivity index (χ0) is 19.6. The summed E-state index contributed by atoms with van der Waals surface area (Å²) in [5, 5.41) is 3.01. The van der Waals surface area contributed by atoms with Crippen molar-refractivity contribution in [3.8, 4) is 5.82 Å². The van der Waals surface area contributed by atoms with Gasteiger partial charge in [0.1, 0.15) is 5.69 Å². The molecule has 0 aliphatic carbocycles. The Morgan fingerprint density at radius 1 is 1.11 bits per heavy atom. The summed E-state index contributed by atoms with van der Waals surface area (Å²) < 4.78 is 39.6. The molecular weight excluding hydrogens is 402 g/mol. The number of alkyl halides is 3. The first-order chi connectivity index (χ1) is 12.8. The van der Waals surface area contributed by atoms with Crippen LogP contribution < -0.4 is 5.32 Å². The lowest BCUT2D eigenvalue weighted by Crippen LogP contribution is -2.25. The molecule has 0 radical (unpaired) electrons. The van der Waals surface area contributed by atoms with E-state index in [1.54, 1.807) is 30.3 Å². The second-order valence-corrected chi connectivity index (χ2v) is 6.38. The van der Waals surface area contributed by atoms with Crippen LogP contribution in [0.1, 0.15) is 21.6 Å². The van der Waals surface area contributed by atoms with E-state index >= 15 is 0 Å². The Bertz CT molecular complexity index is 986. The number of aromatic nitrogens is 2. The highest BCUT2D eigenvalue weighted by Gasteiger charge is 2.32. The summed E-state index contributed by atoms with van der Waals surface area (Å²) in [6.45, 7) is 0.192. The van der Waals surface area contributed by atoms with Crippen LogP contribution in [-0.4, -0.2) is 15.5 Å². The van der Waals surface area contributed by atoms with Crippen molar-refractivity contribution in [1.29, 1.82) is 0 Å². The number of benzene rings is 1. The number of carbonyl (C=O) groups excluding carboxylic acids is 1. The fraction of sp³-hybridized carbons (Fsp3) is 0.111. The number of amides is 1. The zero-order valence-corrected chi connectivity index (χ0v) is 15.1. The van der Waals surface area contributed by atoms with Crippen molar-refractivity contribution in [2.75, 3.05) is 0 Å². The summed E-state index contributed by atoms with van der Waals surface area (Å²) in [4.78, 5) is 16.3. The number of hydrogen-bond donors (Lipinski definition) is 1. The van der Waals surface area contributed by atoms with Crippen LogP contribution in [0.3, 0.4) is 0 Å². The minimum atomic E-state index is -4.55. The molecule has 3 rings (SSSR count). The lowest BCUT2D eigenvalue weighted by Gasteiger charge is -2.13. The molecule has 2 aromatic heterocycles. The molecule has 4 nitrogen and oxygen atoms in total. The number of rotatable bonds is 4. The van der Waals surface area contributed by atoms with E-state index in [2.05, 4.69) is 10.3 Å². The van der Waals surface area contributed by atoms with Crippen LogP contribution in [0.15, 0.2) is 54.9 Å². The smallest absolute Gasteiger partial charge is 0.347 e. The maximum atomic E-state index is 12.8. The highest BCUT2D eigenvalue weighted by molar-refractivity contribution is 6.32. The maximum absolute atomic E-state index is 12.8. The van der Waals surface area contributed by atoms with E-state index in [0.29, 0.717) is 11.2 Å². The average molecular weight is 414 g/mol. The third kappa shape index (κ3) is 4.26. The van der Waals surface area contributed by atoms with Gasteiger partial charge in [0, 0.05) is 24.0 Å². The molecule has 0 bridgehead atoms. The standard InChI is InChI=1S/C18H12Cl2F3N3O/c19-13-5-2-1-4-11(13)9-25-17(27)15-6-3-7-26(15)16-14(20)8-12(10-24-16)18(21,22)23/h1-8,10H,9H2,(H,25,27). The largest absolute Gasteiger partial charge is 0.417 e. The average Bonchev–Trinajstić information content (AvgIpc) is 3.09. The summed E-state index contributed by atoms with van der Waals surface area (Å²) in [6.07, 6.45) is -2.39. The van der Waals surface area contributed by atoms with Crippen molar-refractivity contribution in [2.24, 2.45) is 0 Å². The molecule has 3 aromatic rings. The first-order valence-corrected chi connectivity index (χ1v) is 8.45. The minimum Gasteiger partial charge on any atom is -0.347 e. The molecule has 0 aliphatic rings. The van der Waals surface area contributed by atoms with Crippen molar-refractivity contribution >= 4 is 29.1 Å². The highest BCUT2D eigenvalue weighted by atomic mass is 35.5. The van der Waals surface area contributed by atoms with E-state index in [0.717, 1.165) is 11.6 Å². The van der Waals surface area contributed by atoms with E-state index < -0.39 is 17.6 Å². The third-order valence-corrected chi connectivity index (χ3v) is 4.40. The molecule has 27 heavy (non-hydrogen) atoms. The van der Waals surface area contributed by atoms with Crippen LogP contribution in [0.25, 0.3) is 5.82 Å². The van der Waals surface area contributed by atoms with Crippen molar-refractivity contribution in [1.82, 2.24) is 14.9 Å². The van der Waals surface area contributed by atoms with Crippen LogP contribution in [0, 0.1) is 0 Å². The Hall–Kier alpha value is -2.51. The van der Waals surface area contributed by atoms with Crippen molar-refractivity contribution in [3.05, 3.63) is 81.7 Å². The van der Waals surface area contributed by atoms with Crippen molar-refractivity contribution in [2.45, 2.75) is 12.7 Å². The van der Waals surface area contributed by atoms with Crippen LogP contribution in [0.5, 0.6) is 0 Å². The molecule has 1 N–H and O–H groups in total. The Labute approximate surface area is 162 Å². The molecule has 0 unspecified atom stereocenters. The monoisotopic (exact) mass is 413 g/mol. The van der Waals surface area contributed by atoms with Crippen molar-refractivity contribution < 1.29 is 18.0 Å². The molecule has 0 spiro atoms. The summed E-state index contributed by atoms with van der Waals surface area (Å²) in [5.74, 6) is -0.421. The first kappa shape index (κ1) is 19.3. The fourth-order valence-corrected chi connectivity index (χ4v) is 2.88. The van der Waals surface area contributed by atoms with E-state index in [9.17, 15) is 18.0 Å². The molecule has 1 amide bonds. The van der Waals surface area contributed by atoms with Gasteiger partial charge >= 0.3 is 6.18 Å². The van der Waals surface area contributed by atoms with Crippen molar-refractivity contribution in [3.63, 3.8) is 0 Å². The fourth-order valence-electron chi connectivity index (χ4n) is 2.42. The lowest BCUT2D eigenvalue weighted by molar-refractivity contribution is -0.137. The van der Waals surface area contributed by atoms with Gasteiger partial charge in [0.05, 0.1) is 10.6 Å². The van der Waals surface area contributed by atoms with Gasteiger partial charge in [0.25, 0.3) is 5.91 Å². The predicted octanol–water partition coefficient (Wildman–Crippen LogP) is 5.13. The van der Waals surface area contributed by atoms with Gasteiger partial charge in [-0.05, 0) is 29.8 Å².